The summed E-state index contributed by atoms with van der Waals surface area (Å²) in [7, 11) is -6.77. The van der Waals surface area contributed by atoms with E-state index in [1.165, 1.54) is 0 Å². The Balaban J connectivity index is 1.59. The zero-order chi connectivity index (χ0) is 48.5. The van der Waals surface area contributed by atoms with Crippen molar-refractivity contribution in [3.05, 3.63) is 156 Å². The van der Waals surface area contributed by atoms with Crippen LogP contribution in [0.1, 0.15) is 58.2 Å². The maximum absolute atomic E-state index is 15.8. The molecular formula is C53H71O11PSi2. The predicted octanol–water partition coefficient (Wildman–Crippen LogP) is 13.2. The molecule has 0 bridgehead atoms. The van der Waals surface area contributed by atoms with Crippen molar-refractivity contribution in [2.24, 2.45) is 0 Å². The Hall–Kier alpha value is -4.28. The summed E-state index contributed by atoms with van der Waals surface area (Å²) in [6.07, 6.45) is -5.66. The zero-order valence-corrected chi connectivity index (χ0v) is 44.2. The lowest BCUT2D eigenvalue weighted by atomic mass is 9.84. The van der Waals surface area contributed by atoms with Gasteiger partial charge >= 0.3 is 7.82 Å². The smallest absolute Gasteiger partial charge is 0.497 e. The fourth-order valence-corrected chi connectivity index (χ4v) is 11.2. The van der Waals surface area contributed by atoms with E-state index in [4.69, 9.17) is 46.1 Å². The number of rotatable bonds is 21. The maximum atomic E-state index is 15.8. The molecule has 362 valence electrons. The van der Waals surface area contributed by atoms with Crippen molar-refractivity contribution in [3.8, 4) is 23.0 Å². The van der Waals surface area contributed by atoms with E-state index < -0.39 is 61.1 Å². The average molecular weight is 971 g/mol. The zero-order valence-electron chi connectivity index (χ0n) is 41.3. The third-order valence-electron chi connectivity index (χ3n) is 13.1. The molecule has 1 aliphatic rings. The molecule has 14 heteroatoms. The molecule has 6 atom stereocenters. The van der Waals surface area contributed by atoms with Gasteiger partial charge in [-0.25, -0.2) is 4.57 Å². The molecule has 1 saturated carbocycles. The second-order valence-corrected chi connectivity index (χ2v) is 31.0. The van der Waals surface area contributed by atoms with Gasteiger partial charge in [0.15, 0.2) is 16.6 Å². The first kappa shape index (κ1) is 52.1. The molecule has 0 amide bonds. The minimum atomic E-state index is -4.64. The third-order valence-corrected chi connectivity index (χ3v) is 23.4. The fourth-order valence-electron chi connectivity index (χ4n) is 7.14. The molecule has 1 aliphatic carbocycles. The number of methoxy groups -OCH3 is 2. The molecule has 0 aliphatic heterocycles. The average Bonchev–Trinajstić information content (AvgIpc) is 3.29. The Morgan fingerprint density at radius 1 is 0.418 bits per heavy atom. The van der Waals surface area contributed by atoms with Gasteiger partial charge in [0.25, 0.3) is 0 Å². The Morgan fingerprint density at radius 3 is 1.06 bits per heavy atom. The first-order chi connectivity index (χ1) is 31.7. The standard InChI is InChI=1S/C53H71O11PSi2/c1-52(2,3)66(9,10)63-50-46(57-36-39-22-16-13-17-23-39)49(62-65(54,60-44-24-18-14-19-25-44)61-45-26-20-15-21-27-45)47(58-37-40-28-32-42(55-7)33-29-40)51(64-67(11,12)53(4,5)6)48(50)59-38-41-30-34-43(56-8)35-31-41/h13-35,46-51H,36-38H2,1-12H3/t46-,47-,48+,49+,50-,51+/m1/s1. The van der Waals surface area contributed by atoms with Crippen molar-refractivity contribution < 1.29 is 50.7 Å². The minimum absolute atomic E-state index is 0.125. The van der Waals surface area contributed by atoms with Crippen molar-refractivity contribution in [1.82, 2.24) is 0 Å². The van der Waals surface area contributed by atoms with Crippen molar-refractivity contribution in [3.63, 3.8) is 0 Å². The highest BCUT2D eigenvalue weighted by Gasteiger charge is 2.60. The van der Waals surface area contributed by atoms with E-state index in [1.807, 2.05) is 91.0 Å². The van der Waals surface area contributed by atoms with E-state index >= 15 is 4.57 Å². The number of ether oxygens (including phenoxy) is 5. The molecule has 67 heavy (non-hydrogen) atoms. The predicted molar refractivity (Wildman–Crippen MR) is 269 cm³/mol. The van der Waals surface area contributed by atoms with E-state index in [0.717, 1.165) is 22.4 Å². The van der Waals surface area contributed by atoms with Gasteiger partial charge in [-0.2, -0.15) is 0 Å². The number of phosphoric ester groups is 1. The van der Waals surface area contributed by atoms with Gasteiger partial charge < -0.3 is 41.6 Å². The van der Waals surface area contributed by atoms with Crippen LogP contribution in [-0.2, 0) is 52.0 Å². The lowest BCUT2D eigenvalue weighted by Crippen LogP contribution is -2.70. The van der Waals surface area contributed by atoms with Crippen LogP contribution in [0.3, 0.4) is 0 Å². The van der Waals surface area contributed by atoms with Gasteiger partial charge in [-0.15, -0.1) is 0 Å². The summed E-state index contributed by atoms with van der Waals surface area (Å²) in [5, 5.41) is -0.490. The molecule has 6 rings (SSSR count). The highest BCUT2D eigenvalue weighted by molar-refractivity contribution is 7.49. The highest BCUT2D eigenvalue weighted by Crippen LogP contribution is 2.54. The van der Waals surface area contributed by atoms with E-state index in [-0.39, 0.29) is 29.9 Å². The van der Waals surface area contributed by atoms with Crippen molar-refractivity contribution >= 4 is 24.5 Å². The third kappa shape index (κ3) is 13.9. The number of hydrogen-bond acceptors (Lipinski definition) is 11. The van der Waals surface area contributed by atoms with Crippen LogP contribution in [0, 0.1) is 0 Å². The summed E-state index contributed by atoms with van der Waals surface area (Å²) in [6.45, 7) is 22.5. The van der Waals surface area contributed by atoms with Gasteiger partial charge in [0.05, 0.1) is 34.0 Å². The van der Waals surface area contributed by atoms with Crippen LogP contribution in [0.15, 0.2) is 140 Å². The maximum Gasteiger partial charge on any atom is 0.588 e. The van der Waals surface area contributed by atoms with E-state index in [2.05, 4.69) is 67.7 Å². The summed E-state index contributed by atoms with van der Waals surface area (Å²) in [5.41, 5.74) is 2.71. The molecular weight excluding hydrogens is 900 g/mol. The SMILES string of the molecule is COc1ccc(CO[C@@H]2[C@@H](O[Si](C)(C)C(C)(C)C)[C@H](OCc3ccc(OC)cc3)[C@@H](OP(=O)(Oc3ccccc3)Oc3ccccc3)[C@@H](OCc3ccccc3)[C@H]2O[Si](C)(C)C(C)(C)C)cc1. The van der Waals surface area contributed by atoms with Gasteiger partial charge in [-0.05, 0) is 101 Å². The largest absolute Gasteiger partial charge is 0.588 e. The van der Waals surface area contributed by atoms with Crippen molar-refractivity contribution in [2.75, 3.05) is 14.2 Å². The summed E-state index contributed by atoms with van der Waals surface area (Å²) in [5.74, 6) is 2.03. The van der Waals surface area contributed by atoms with Crippen LogP contribution in [0.4, 0.5) is 0 Å². The molecule has 0 saturated heterocycles. The number of benzene rings is 5. The fraction of sp³-hybridized carbons (Fsp3) is 0.434. The van der Waals surface area contributed by atoms with E-state index in [1.54, 1.807) is 62.8 Å². The summed E-state index contributed by atoms with van der Waals surface area (Å²) in [6, 6.07) is 43.1. The number of para-hydroxylation sites is 2. The van der Waals surface area contributed by atoms with Gasteiger partial charge in [-0.1, -0.05) is 133 Å². The lowest BCUT2D eigenvalue weighted by Gasteiger charge is -2.54. The molecule has 1 fully saturated rings. The van der Waals surface area contributed by atoms with Gasteiger partial charge in [0, 0.05) is 0 Å². The summed E-state index contributed by atoms with van der Waals surface area (Å²) >= 11 is 0. The molecule has 5 aromatic carbocycles. The van der Waals surface area contributed by atoms with Crippen LogP contribution in [0.2, 0.25) is 36.3 Å². The van der Waals surface area contributed by atoms with Crippen LogP contribution in [0.25, 0.3) is 0 Å². The lowest BCUT2D eigenvalue weighted by molar-refractivity contribution is -0.251. The van der Waals surface area contributed by atoms with Crippen LogP contribution < -0.4 is 18.5 Å². The Bertz CT molecular complexity index is 2260. The molecule has 11 nitrogen and oxygen atoms in total. The Kier molecular flexibility index (Phi) is 17.4. The first-order valence-corrected chi connectivity index (χ1v) is 30.3. The molecule has 0 N–H and O–H groups in total. The number of phosphoric acid groups is 1. The Labute approximate surface area is 401 Å². The first-order valence-electron chi connectivity index (χ1n) is 23.0. The molecule has 0 spiro atoms. The molecule has 0 unspecified atom stereocenters. The minimum Gasteiger partial charge on any atom is -0.497 e. The highest BCUT2D eigenvalue weighted by atomic mass is 31.2. The monoisotopic (exact) mass is 970 g/mol. The van der Waals surface area contributed by atoms with Gasteiger partial charge in [0.1, 0.15) is 59.6 Å². The molecule has 0 aromatic heterocycles. The second-order valence-electron chi connectivity index (χ2n) is 20.0. The molecule has 0 radical (unpaired) electrons. The quantitative estimate of drug-likeness (QED) is 0.0518. The summed E-state index contributed by atoms with van der Waals surface area (Å²) in [4.78, 5) is 0. The normalized spacial score (nSPS) is 20.5. The van der Waals surface area contributed by atoms with Crippen LogP contribution >= 0.6 is 7.82 Å². The molecule has 0 heterocycles. The van der Waals surface area contributed by atoms with Crippen molar-refractivity contribution in [1.29, 1.82) is 0 Å². The van der Waals surface area contributed by atoms with Crippen molar-refractivity contribution in [2.45, 2.75) is 134 Å². The topological polar surface area (TPSA) is 109 Å². The van der Waals surface area contributed by atoms with Crippen LogP contribution in [-0.4, -0.2) is 67.5 Å². The van der Waals surface area contributed by atoms with E-state index in [0.29, 0.717) is 17.2 Å². The van der Waals surface area contributed by atoms with Crippen LogP contribution in [0.5, 0.6) is 23.0 Å². The second kappa shape index (κ2) is 22.4. The van der Waals surface area contributed by atoms with Gasteiger partial charge in [0.2, 0.25) is 0 Å². The van der Waals surface area contributed by atoms with Gasteiger partial charge in [-0.3, -0.25) is 4.52 Å². The molecule has 5 aromatic rings. The number of hydrogen-bond donors (Lipinski definition) is 0. The Morgan fingerprint density at radius 2 is 0.731 bits per heavy atom. The summed E-state index contributed by atoms with van der Waals surface area (Å²) < 4.78 is 83.4. The van der Waals surface area contributed by atoms with E-state index in [9.17, 15) is 0 Å².